The van der Waals surface area contributed by atoms with Crippen LogP contribution in [0.15, 0.2) is 109 Å². The van der Waals surface area contributed by atoms with E-state index in [9.17, 15) is 0 Å². The summed E-state index contributed by atoms with van der Waals surface area (Å²) in [7, 11) is 11.1. The molecule has 0 aliphatic rings. The van der Waals surface area contributed by atoms with Crippen molar-refractivity contribution in [2.45, 2.75) is 80.1 Å². The minimum absolute atomic E-state index is 0.210. The maximum absolute atomic E-state index is 5.54. The van der Waals surface area contributed by atoms with E-state index in [1.165, 1.54) is 69.3 Å². The summed E-state index contributed by atoms with van der Waals surface area (Å²) in [6, 6.07) is 40.2. The molecule has 0 saturated carbocycles. The van der Waals surface area contributed by atoms with Crippen LogP contribution in [0, 0.1) is 13.8 Å². The zero-order valence-corrected chi connectivity index (χ0v) is 33.1. The number of halogens is 2. The first-order chi connectivity index (χ1) is 21.5. The molecule has 6 rings (SSSR count). The van der Waals surface area contributed by atoms with Crippen molar-refractivity contribution < 1.29 is 18.9 Å². The predicted molar refractivity (Wildman–Crippen MR) is 205 cm³/mol. The van der Waals surface area contributed by atoms with E-state index in [0.717, 1.165) is 0 Å². The molecule has 240 valence electrons. The monoisotopic (exact) mass is 724 g/mol. The molecule has 3 heteroatoms. The van der Waals surface area contributed by atoms with Crippen molar-refractivity contribution >= 4 is 41.8 Å². The van der Waals surface area contributed by atoms with E-state index in [4.69, 9.17) is 17.0 Å². The predicted octanol–water partition coefficient (Wildman–Crippen LogP) is 13.8. The van der Waals surface area contributed by atoms with Crippen LogP contribution < -0.4 is 0 Å². The van der Waals surface area contributed by atoms with Gasteiger partial charge in [-0.1, -0.05) is 127 Å². The van der Waals surface area contributed by atoms with Crippen LogP contribution in [-0.2, 0) is 29.7 Å². The van der Waals surface area contributed by atoms with Gasteiger partial charge in [0, 0.05) is 0 Å². The number of hydrogen-bond acceptors (Lipinski definition) is 0. The smallest absolute Gasteiger partial charge is 0.0132 e. The first kappa shape index (κ1) is 36.3. The Morgan fingerprint density at radius 1 is 0.543 bits per heavy atom. The Labute approximate surface area is 292 Å². The Morgan fingerprint density at radius 2 is 0.870 bits per heavy atom. The van der Waals surface area contributed by atoms with Gasteiger partial charge in [-0.25, -0.2) is 0 Å². The minimum Gasteiger partial charge on any atom is -0.165 e. The van der Waals surface area contributed by atoms with Gasteiger partial charge in [-0.2, -0.15) is 12.1 Å². The standard InChI is InChI=1S/2C20H21.C3H6.2ClH.Zr/c2*1-14-12-16-6-5-7-18(19(16)13-14)15-8-10-17(11-9-15)20(2,3)4;1-3-2;;;/h2*5-13H,1-4H3;1-2H3;2*1H;/q2*-1;;;;+2/p-2. The van der Waals surface area contributed by atoms with E-state index >= 15 is 0 Å². The molecule has 0 aromatic heterocycles. The molecular weight excluding hydrogens is 679 g/mol. The molecule has 0 atom stereocenters. The molecule has 0 N–H and O–H groups in total. The molecule has 46 heavy (non-hydrogen) atoms. The third-order valence-electron chi connectivity index (χ3n) is 8.29. The average Bonchev–Trinajstić information content (AvgIpc) is 3.57. The molecule has 0 aliphatic heterocycles. The van der Waals surface area contributed by atoms with Gasteiger partial charge in [0.05, 0.1) is 0 Å². The number of hydrogen-bond donors (Lipinski definition) is 0. The van der Waals surface area contributed by atoms with E-state index in [2.05, 4.69) is 165 Å². The van der Waals surface area contributed by atoms with E-state index in [1.807, 2.05) is 13.8 Å². The zero-order chi connectivity index (χ0) is 33.8. The van der Waals surface area contributed by atoms with Gasteiger partial charge in [0.2, 0.25) is 0 Å². The van der Waals surface area contributed by atoms with Crippen LogP contribution in [-0.4, -0.2) is 3.21 Å². The number of benzene rings is 4. The van der Waals surface area contributed by atoms with Crippen LogP contribution in [0.1, 0.15) is 77.6 Å². The summed E-state index contributed by atoms with van der Waals surface area (Å²) >= 11 is -1.84. The first-order valence-electron chi connectivity index (χ1n) is 16.1. The van der Waals surface area contributed by atoms with Gasteiger partial charge in [-0.3, -0.25) is 0 Å². The summed E-state index contributed by atoms with van der Waals surface area (Å²) in [5.41, 5.74) is 11.1. The number of rotatable bonds is 2. The van der Waals surface area contributed by atoms with Crippen molar-refractivity contribution in [2.75, 3.05) is 0 Å². The average molecular weight is 727 g/mol. The molecule has 0 nitrogen and oxygen atoms in total. The summed E-state index contributed by atoms with van der Waals surface area (Å²) in [6.07, 6.45) is 0. The van der Waals surface area contributed by atoms with Crippen molar-refractivity contribution in [2.24, 2.45) is 0 Å². The van der Waals surface area contributed by atoms with Crippen LogP contribution in [0.2, 0.25) is 0 Å². The van der Waals surface area contributed by atoms with Crippen LogP contribution in [0.5, 0.6) is 0 Å². The van der Waals surface area contributed by atoms with Crippen molar-refractivity contribution in [3.05, 3.63) is 131 Å². The topological polar surface area (TPSA) is 0 Å². The van der Waals surface area contributed by atoms with Crippen LogP contribution >= 0.6 is 17.0 Å². The Bertz CT molecular complexity index is 1780. The van der Waals surface area contributed by atoms with E-state index < -0.39 is 18.9 Å². The van der Waals surface area contributed by atoms with Gasteiger partial charge in [-0.05, 0) is 33.1 Å². The van der Waals surface area contributed by atoms with Gasteiger partial charge in [0.25, 0.3) is 0 Å². The van der Waals surface area contributed by atoms with Crippen molar-refractivity contribution in [3.63, 3.8) is 0 Å². The summed E-state index contributed by atoms with van der Waals surface area (Å²) in [6.45, 7) is 21.8. The summed E-state index contributed by atoms with van der Waals surface area (Å²) in [5, 5.41) is 5.38. The zero-order valence-electron chi connectivity index (χ0n) is 29.1. The molecule has 6 aromatic carbocycles. The maximum atomic E-state index is 5.54. The molecule has 0 fully saturated rings. The van der Waals surface area contributed by atoms with E-state index in [0.29, 0.717) is 0 Å². The largest absolute Gasteiger partial charge is 0.165 e. The summed E-state index contributed by atoms with van der Waals surface area (Å²) in [4.78, 5) is 0. The molecule has 0 saturated heterocycles. The molecular formula is C43H48Cl2Zr-2. The molecule has 0 heterocycles. The molecule has 0 radical (unpaired) electrons. The molecule has 0 unspecified atom stereocenters. The maximum Gasteiger partial charge on any atom is -0.0132 e. The fourth-order valence-electron chi connectivity index (χ4n) is 5.57. The third kappa shape index (κ3) is 9.28. The van der Waals surface area contributed by atoms with Gasteiger partial charge in [0.15, 0.2) is 0 Å². The Hall–Kier alpha value is -2.57. The van der Waals surface area contributed by atoms with Crippen molar-refractivity contribution in [1.29, 1.82) is 0 Å². The van der Waals surface area contributed by atoms with Gasteiger partial charge >= 0.3 is 53.0 Å². The Balaban J connectivity index is 0.000000178. The summed E-state index contributed by atoms with van der Waals surface area (Å²) in [5.74, 6) is 0. The first-order valence-corrected chi connectivity index (χ1v) is 23.6. The molecule has 6 aromatic rings. The van der Waals surface area contributed by atoms with Gasteiger partial charge in [-0.15, -0.1) is 69.1 Å². The fourth-order valence-corrected chi connectivity index (χ4v) is 5.57. The van der Waals surface area contributed by atoms with Gasteiger partial charge < -0.3 is 0 Å². The third-order valence-corrected chi connectivity index (χ3v) is 14.6. The molecule has 0 amide bonds. The molecule has 0 spiro atoms. The number of fused-ring (bicyclic) bond motifs is 2. The van der Waals surface area contributed by atoms with E-state index in [-0.39, 0.29) is 10.8 Å². The quantitative estimate of drug-likeness (QED) is 0.156. The van der Waals surface area contributed by atoms with Crippen LogP contribution in [0.4, 0.5) is 0 Å². The molecule has 0 aliphatic carbocycles. The Morgan fingerprint density at radius 3 is 1.15 bits per heavy atom. The van der Waals surface area contributed by atoms with Crippen LogP contribution in [0.3, 0.4) is 0 Å². The summed E-state index contributed by atoms with van der Waals surface area (Å²) < 4.78 is 1.24. The van der Waals surface area contributed by atoms with Crippen LogP contribution in [0.25, 0.3) is 43.8 Å². The van der Waals surface area contributed by atoms with Crippen molar-refractivity contribution in [3.8, 4) is 22.3 Å². The normalized spacial score (nSPS) is 11.5. The minimum atomic E-state index is -1.84. The Kier molecular flexibility index (Phi) is 11.9. The fraction of sp³-hybridized carbons (Fsp3) is 0.279. The SMILES string of the molecule is C[C](C)=[Zr]([Cl])[Cl].Cc1cc2c(-c3ccc(C(C)(C)C)cc3)cccc2[cH-]1.Cc1cc2c(-c3ccc(C(C)(C)C)cc3)cccc2[cH-]1. The number of aryl methyl sites for hydroxylation is 2. The van der Waals surface area contributed by atoms with E-state index in [1.54, 1.807) is 0 Å². The van der Waals surface area contributed by atoms with Gasteiger partial charge in [0.1, 0.15) is 0 Å². The van der Waals surface area contributed by atoms with Crippen molar-refractivity contribution in [1.82, 2.24) is 0 Å². The molecule has 0 bridgehead atoms. The second-order valence-corrected chi connectivity index (χ2v) is 24.0. The second kappa shape index (κ2) is 15.1. The second-order valence-electron chi connectivity index (χ2n) is 14.6.